The summed E-state index contributed by atoms with van der Waals surface area (Å²) in [5.74, 6) is 1.09. The Labute approximate surface area is 106 Å². The molecule has 1 atom stereocenters. The van der Waals surface area contributed by atoms with Crippen LogP contribution in [0, 0.1) is 12.8 Å². The van der Waals surface area contributed by atoms with Crippen LogP contribution in [0.25, 0.3) is 11.1 Å². The van der Waals surface area contributed by atoms with Crippen LogP contribution in [0.15, 0.2) is 10.9 Å². The molecule has 0 amide bonds. The molecule has 1 unspecified atom stereocenters. The molecule has 0 aliphatic heterocycles. The van der Waals surface area contributed by atoms with Crippen LogP contribution in [0.5, 0.6) is 0 Å². The smallest absolute Gasteiger partial charge is 0.263 e. The summed E-state index contributed by atoms with van der Waals surface area (Å²) in [4.78, 5) is 8.33. The molecule has 0 aliphatic rings. The lowest BCUT2D eigenvalue weighted by Crippen LogP contribution is -2.47. The Morgan fingerprint density at radius 3 is 2.78 bits per heavy atom. The molecule has 2 aromatic heterocycles. The highest BCUT2D eigenvalue weighted by atomic mass is 16.5. The zero-order valence-electron chi connectivity index (χ0n) is 11.2. The van der Waals surface area contributed by atoms with Crippen LogP contribution in [0.1, 0.15) is 26.5 Å². The van der Waals surface area contributed by atoms with Gasteiger partial charge >= 0.3 is 0 Å². The lowest BCUT2D eigenvalue weighted by atomic mass is 9.88. The van der Waals surface area contributed by atoms with Crippen molar-refractivity contribution >= 4 is 16.9 Å². The van der Waals surface area contributed by atoms with E-state index >= 15 is 0 Å². The number of rotatable bonds is 4. The standard InChI is InChI=1S/C12H19N5O/c1-7(2)12(4,5-13)16-10-9-8(3)17-18-11(9)15-6-14-10/h6-7H,5,13H2,1-4H3,(H,14,15,16). The van der Waals surface area contributed by atoms with Crippen molar-refractivity contribution in [1.82, 2.24) is 15.1 Å². The first kappa shape index (κ1) is 12.8. The van der Waals surface area contributed by atoms with E-state index in [1.807, 2.05) is 6.92 Å². The number of anilines is 1. The molecule has 0 bridgehead atoms. The summed E-state index contributed by atoms with van der Waals surface area (Å²) in [7, 11) is 0. The number of nitrogens with two attached hydrogens (primary N) is 1. The largest absolute Gasteiger partial charge is 0.363 e. The highest BCUT2D eigenvalue weighted by Gasteiger charge is 2.28. The van der Waals surface area contributed by atoms with Gasteiger partial charge in [0.2, 0.25) is 0 Å². The third kappa shape index (κ3) is 2.03. The van der Waals surface area contributed by atoms with Gasteiger partial charge in [-0.1, -0.05) is 19.0 Å². The molecule has 0 saturated carbocycles. The molecule has 2 heterocycles. The highest BCUT2D eigenvalue weighted by Crippen LogP contribution is 2.27. The van der Waals surface area contributed by atoms with E-state index in [1.165, 1.54) is 6.33 Å². The van der Waals surface area contributed by atoms with Crippen LogP contribution in [-0.2, 0) is 0 Å². The highest BCUT2D eigenvalue weighted by molar-refractivity contribution is 5.87. The Kier molecular flexibility index (Phi) is 3.21. The van der Waals surface area contributed by atoms with Crippen molar-refractivity contribution in [3.63, 3.8) is 0 Å². The van der Waals surface area contributed by atoms with Gasteiger partial charge in [0.25, 0.3) is 5.71 Å². The van der Waals surface area contributed by atoms with Crippen molar-refractivity contribution in [3.05, 3.63) is 12.0 Å². The van der Waals surface area contributed by atoms with Gasteiger partial charge in [0, 0.05) is 6.54 Å². The summed E-state index contributed by atoms with van der Waals surface area (Å²) in [5, 5.41) is 8.12. The first-order valence-corrected chi connectivity index (χ1v) is 6.03. The van der Waals surface area contributed by atoms with Crippen molar-refractivity contribution < 1.29 is 4.52 Å². The number of aryl methyl sites for hydroxylation is 1. The molecular weight excluding hydrogens is 230 g/mol. The number of nitrogens with one attached hydrogen (secondary N) is 1. The van der Waals surface area contributed by atoms with E-state index in [0.717, 1.165) is 16.9 Å². The van der Waals surface area contributed by atoms with E-state index in [0.29, 0.717) is 18.2 Å². The number of fused-ring (bicyclic) bond motifs is 1. The Morgan fingerprint density at radius 1 is 1.44 bits per heavy atom. The molecule has 3 N–H and O–H groups in total. The molecule has 0 radical (unpaired) electrons. The van der Waals surface area contributed by atoms with Gasteiger partial charge in [-0.2, -0.15) is 4.98 Å². The van der Waals surface area contributed by atoms with E-state index in [-0.39, 0.29) is 5.54 Å². The zero-order chi connectivity index (χ0) is 13.3. The first-order valence-electron chi connectivity index (χ1n) is 6.03. The molecule has 2 aromatic rings. The van der Waals surface area contributed by atoms with E-state index in [1.54, 1.807) is 0 Å². The second-order valence-electron chi connectivity index (χ2n) is 5.07. The summed E-state index contributed by atoms with van der Waals surface area (Å²) in [6, 6.07) is 0. The van der Waals surface area contributed by atoms with Gasteiger partial charge in [-0.15, -0.1) is 0 Å². The summed E-state index contributed by atoms with van der Waals surface area (Å²) in [6.45, 7) is 8.71. The maximum atomic E-state index is 5.87. The van der Waals surface area contributed by atoms with E-state index in [4.69, 9.17) is 10.3 Å². The fourth-order valence-electron chi connectivity index (χ4n) is 1.72. The van der Waals surface area contributed by atoms with Gasteiger partial charge in [-0.25, -0.2) is 4.98 Å². The molecule has 0 saturated heterocycles. The van der Waals surface area contributed by atoms with Gasteiger partial charge in [0.05, 0.1) is 11.2 Å². The van der Waals surface area contributed by atoms with Crippen LogP contribution in [-0.4, -0.2) is 27.2 Å². The van der Waals surface area contributed by atoms with Crippen molar-refractivity contribution in [2.45, 2.75) is 33.2 Å². The number of hydrogen-bond donors (Lipinski definition) is 2. The summed E-state index contributed by atoms with van der Waals surface area (Å²) >= 11 is 0. The van der Waals surface area contributed by atoms with Gasteiger partial charge < -0.3 is 15.6 Å². The summed E-state index contributed by atoms with van der Waals surface area (Å²) in [6.07, 6.45) is 1.46. The van der Waals surface area contributed by atoms with Crippen molar-refractivity contribution in [2.75, 3.05) is 11.9 Å². The molecular formula is C12H19N5O. The lowest BCUT2D eigenvalue weighted by molar-refractivity contribution is 0.381. The third-order valence-corrected chi connectivity index (χ3v) is 3.55. The van der Waals surface area contributed by atoms with Crippen LogP contribution >= 0.6 is 0 Å². The molecule has 6 nitrogen and oxygen atoms in total. The SMILES string of the molecule is Cc1noc2ncnc(NC(C)(CN)C(C)C)c12. The van der Waals surface area contributed by atoms with Crippen LogP contribution in [0.3, 0.4) is 0 Å². The first-order chi connectivity index (χ1) is 8.48. The average molecular weight is 249 g/mol. The zero-order valence-corrected chi connectivity index (χ0v) is 11.2. The number of nitrogens with zero attached hydrogens (tertiary/aromatic N) is 3. The predicted molar refractivity (Wildman–Crippen MR) is 70.3 cm³/mol. The minimum Gasteiger partial charge on any atom is -0.363 e. The Morgan fingerprint density at radius 2 is 2.17 bits per heavy atom. The molecule has 6 heteroatoms. The molecule has 0 fully saturated rings. The predicted octanol–water partition coefficient (Wildman–Crippen LogP) is 1.71. The Bertz CT molecular complexity index is 550. The topological polar surface area (TPSA) is 89.9 Å². The van der Waals surface area contributed by atoms with Crippen molar-refractivity contribution in [3.8, 4) is 0 Å². The Hall–Kier alpha value is -1.69. The fourth-order valence-corrected chi connectivity index (χ4v) is 1.72. The second kappa shape index (κ2) is 4.53. The normalized spacial score (nSPS) is 15.0. The lowest BCUT2D eigenvalue weighted by Gasteiger charge is -2.34. The van der Waals surface area contributed by atoms with Gasteiger partial charge in [-0.3, -0.25) is 0 Å². The minimum absolute atomic E-state index is 0.231. The van der Waals surface area contributed by atoms with Crippen molar-refractivity contribution in [2.24, 2.45) is 11.7 Å². The summed E-state index contributed by atoms with van der Waals surface area (Å²) in [5.41, 5.74) is 6.91. The maximum Gasteiger partial charge on any atom is 0.263 e. The minimum atomic E-state index is -0.231. The fraction of sp³-hybridized carbons (Fsp3) is 0.583. The molecule has 0 aromatic carbocycles. The maximum absolute atomic E-state index is 5.87. The van der Waals surface area contributed by atoms with Crippen LogP contribution < -0.4 is 11.1 Å². The van der Waals surface area contributed by atoms with Gasteiger partial charge in [-0.05, 0) is 19.8 Å². The molecule has 0 aliphatic carbocycles. The van der Waals surface area contributed by atoms with Gasteiger partial charge in [0.1, 0.15) is 17.5 Å². The molecule has 98 valence electrons. The molecule has 2 rings (SSSR count). The Balaban J connectivity index is 2.46. The van der Waals surface area contributed by atoms with E-state index in [9.17, 15) is 0 Å². The molecule has 0 spiro atoms. The van der Waals surface area contributed by atoms with Gasteiger partial charge in [0.15, 0.2) is 0 Å². The number of aromatic nitrogens is 3. The second-order valence-corrected chi connectivity index (χ2v) is 5.07. The number of hydrogen-bond acceptors (Lipinski definition) is 6. The quantitative estimate of drug-likeness (QED) is 0.857. The van der Waals surface area contributed by atoms with E-state index < -0.39 is 0 Å². The average Bonchev–Trinajstić information content (AvgIpc) is 2.72. The van der Waals surface area contributed by atoms with E-state index in [2.05, 4.69) is 41.2 Å². The third-order valence-electron chi connectivity index (χ3n) is 3.55. The van der Waals surface area contributed by atoms with Crippen LogP contribution in [0.2, 0.25) is 0 Å². The molecule has 18 heavy (non-hydrogen) atoms. The monoisotopic (exact) mass is 249 g/mol. The summed E-state index contributed by atoms with van der Waals surface area (Å²) < 4.78 is 5.13. The van der Waals surface area contributed by atoms with Crippen molar-refractivity contribution in [1.29, 1.82) is 0 Å². The van der Waals surface area contributed by atoms with Crippen LogP contribution in [0.4, 0.5) is 5.82 Å².